The molecule has 5 heteroatoms. The van der Waals surface area contributed by atoms with Crippen LogP contribution >= 0.6 is 11.8 Å². The molecular formula is C19H20N2O2S. The minimum absolute atomic E-state index is 0.0328. The van der Waals surface area contributed by atoms with Gasteiger partial charge in [0, 0.05) is 28.3 Å². The van der Waals surface area contributed by atoms with Gasteiger partial charge in [0.05, 0.1) is 6.04 Å². The summed E-state index contributed by atoms with van der Waals surface area (Å²) in [6.07, 6.45) is 3.21. The maximum absolute atomic E-state index is 12.8. The number of H-pyrrole nitrogens is 1. The number of ketones is 1. The van der Waals surface area contributed by atoms with E-state index in [2.05, 4.69) is 22.4 Å². The lowest BCUT2D eigenvalue weighted by Crippen LogP contribution is -2.31. The minimum atomic E-state index is -0.110. The van der Waals surface area contributed by atoms with Gasteiger partial charge in [0.15, 0.2) is 5.78 Å². The van der Waals surface area contributed by atoms with Gasteiger partial charge in [0.1, 0.15) is 5.69 Å². The highest BCUT2D eigenvalue weighted by Gasteiger charge is 2.28. The number of aryl methyl sites for hydroxylation is 1. The largest absolute Gasteiger partial charge is 0.354 e. The number of fused-ring (bicyclic) bond motifs is 2. The van der Waals surface area contributed by atoms with Crippen molar-refractivity contribution in [1.29, 1.82) is 0 Å². The number of carbonyl (C=O) groups excluding carboxylic acids is 2. The lowest BCUT2D eigenvalue weighted by Gasteiger charge is -2.25. The van der Waals surface area contributed by atoms with Crippen LogP contribution in [0.2, 0.25) is 0 Å². The van der Waals surface area contributed by atoms with Gasteiger partial charge in [-0.3, -0.25) is 9.59 Å². The number of hydrogen-bond acceptors (Lipinski definition) is 3. The highest BCUT2D eigenvalue weighted by Crippen LogP contribution is 2.36. The summed E-state index contributed by atoms with van der Waals surface area (Å²) in [6, 6.07) is 8.27. The smallest absolute Gasteiger partial charge is 0.268 e. The molecular weight excluding hydrogens is 320 g/mol. The van der Waals surface area contributed by atoms with Gasteiger partial charge in [-0.05, 0) is 43.4 Å². The fraction of sp³-hybridized carbons (Fsp3) is 0.368. The molecule has 124 valence electrons. The minimum Gasteiger partial charge on any atom is -0.354 e. The van der Waals surface area contributed by atoms with E-state index in [1.54, 1.807) is 0 Å². The number of thioether (sulfide) groups is 1. The number of hydrogen-bond donors (Lipinski definition) is 2. The van der Waals surface area contributed by atoms with Crippen molar-refractivity contribution in [2.24, 2.45) is 0 Å². The average molecular weight is 340 g/mol. The van der Waals surface area contributed by atoms with Crippen molar-refractivity contribution >= 4 is 23.5 Å². The normalized spacial score (nSPS) is 19.5. The molecule has 24 heavy (non-hydrogen) atoms. The highest BCUT2D eigenvalue weighted by atomic mass is 32.2. The number of nitrogens with one attached hydrogen (secondary N) is 2. The monoisotopic (exact) mass is 340 g/mol. The van der Waals surface area contributed by atoms with Crippen LogP contribution in [0.3, 0.4) is 0 Å². The van der Waals surface area contributed by atoms with E-state index >= 15 is 0 Å². The fourth-order valence-corrected chi connectivity index (χ4v) is 4.85. The molecule has 2 N–H and O–H groups in total. The summed E-state index contributed by atoms with van der Waals surface area (Å²) in [7, 11) is 0. The number of benzene rings is 1. The number of aromatic amines is 1. The van der Waals surface area contributed by atoms with Gasteiger partial charge < -0.3 is 10.3 Å². The predicted molar refractivity (Wildman–Crippen MR) is 94.8 cm³/mol. The molecule has 1 aromatic heterocycles. The van der Waals surface area contributed by atoms with E-state index in [1.807, 2.05) is 30.8 Å². The summed E-state index contributed by atoms with van der Waals surface area (Å²) in [5.74, 6) is 1.05. The van der Waals surface area contributed by atoms with Crippen LogP contribution in [0.4, 0.5) is 0 Å². The third-order valence-corrected chi connectivity index (χ3v) is 6.05. The Morgan fingerprint density at radius 3 is 2.96 bits per heavy atom. The van der Waals surface area contributed by atoms with Crippen molar-refractivity contribution in [2.45, 2.75) is 43.5 Å². The molecule has 1 aromatic carbocycles. The summed E-state index contributed by atoms with van der Waals surface area (Å²) in [5, 5.41) is 3.16. The Morgan fingerprint density at radius 1 is 1.29 bits per heavy atom. The Kier molecular flexibility index (Phi) is 3.96. The zero-order valence-corrected chi connectivity index (χ0v) is 14.5. The lowest BCUT2D eigenvalue weighted by atomic mass is 9.93. The first-order valence-corrected chi connectivity index (χ1v) is 9.41. The van der Waals surface area contributed by atoms with Gasteiger partial charge >= 0.3 is 0 Å². The topological polar surface area (TPSA) is 62.0 Å². The van der Waals surface area contributed by atoms with Crippen LogP contribution in [0, 0.1) is 6.92 Å². The molecule has 4 nitrogen and oxygen atoms in total. The van der Waals surface area contributed by atoms with Crippen LogP contribution in [0.15, 0.2) is 29.2 Å². The van der Waals surface area contributed by atoms with Gasteiger partial charge in [0.2, 0.25) is 0 Å². The maximum atomic E-state index is 12.8. The van der Waals surface area contributed by atoms with Crippen LogP contribution in [-0.2, 0) is 6.42 Å². The Bertz CT molecular complexity index is 825. The maximum Gasteiger partial charge on any atom is 0.268 e. The van der Waals surface area contributed by atoms with Crippen molar-refractivity contribution in [2.75, 3.05) is 5.75 Å². The standard InChI is InChI=1S/C19H20N2O2S/c1-11-17-14(6-4-7-15(17)22)20-18(11)19(23)21-13-9-10-24-16-8-3-2-5-12(13)16/h2-3,5,8,13,20H,4,6-7,9-10H2,1H3,(H,21,23). The third kappa shape index (κ3) is 2.57. The van der Waals surface area contributed by atoms with E-state index in [4.69, 9.17) is 0 Å². The molecule has 1 aliphatic heterocycles. The number of Topliss-reactive ketones (excluding diaryl/α,β-unsaturated/α-hetero) is 1. The molecule has 1 aliphatic carbocycles. The van der Waals surface area contributed by atoms with E-state index in [1.165, 1.54) is 10.5 Å². The molecule has 0 bridgehead atoms. The fourth-order valence-electron chi connectivity index (χ4n) is 3.72. The van der Waals surface area contributed by atoms with Crippen LogP contribution in [0.25, 0.3) is 0 Å². The van der Waals surface area contributed by atoms with Crippen molar-refractivity contribution in [3.8, 4) is 0 Å². The lowest BCUT2D eigenvalue weighted by molar-refractivity contribution is 0.0929. The van der Waals surface area contributed by atoms with Crippen LogP contribution in [0.5, 0.6) is 0 Å². The quantitative estimate of drug-likeness (QED) is 0.874. The zero-order chi connectivity index (χ0) is 16.7. The van der Waals surface area contributed by atoms with Gasteiger partial charge in [-0.2, -0.15) is 0 Å². The number of amides is 1. The van der Waals surface area contributed by atoms with Crippen LogP contribution < -0.4 is 5.32 Å². The molecule has 0 saturated carbocycles. The van der Waals surface area contributed by atoms with Gasteiger partial charge in [0.25, 0.3) is 5.91 Å². The highest BCUT2D eigenvalue weighted by molar-refractivity contribution is 7.99. The molecule has 2 heterocycles. The number of rotatable bonds is 2. The Labute approximate surface area is 145 Å². The Balaban J connectivity index is 1.61. The summed E-state index contributed by atoms with van der Waals surface area (Å²) in [4.78, 5) is 29.4. The molecule has 0 fully saturated rings. The van der Waals surface area contributed by atoms with Crippen LogP contribution in [0.1, 0.15) is 63.0 Å². The second kappa shape index (κ2) is 6.13. The van der Waals surface area contributed by atoms with E-state index < -0.39 is 0 Å². The summed E-state index contributed by atoms with van der Waals surface area (Å²) >= 11 is 1.84. The number of aromatic nitrogens is 1. The summed E-state index contributed by atoms with van der Waals surface area (Å²) < 4.78 is 0. The Morgan fingerprint density at radius 2 is 2.12 bits per heavy atom. The molecule has 0 radical (unpaired) electrons. The van der Waals surface area contributed by atoms with Crippen molar-refractivity contribution in [3.05, 3.63) is 52.3 Å². The molecule has 1 atom stereocenters. The van der Waals surface area contributed by atoms with Gasteiger partial charge in [-0.1, -0.05) is 18.2 Å². The molecule has 1 unspecified atom stereocenters. The second-order valence-corrected chi connectivity index (χ2v) is 7.59. The van der Waals surface area contributed by atoms with Gasteiger partial charge in [-0.15, -0.1) is 11.8 Å². The second-order valence-electron chi connectivity index (χ2n) is 6.46. The molecule has 0 saturated heterocycles. The van der Waals surface area contributed by atoms with Crippen molar-refractivity contribution in [1.82, 2.24) is 10.3 Å². The van der Waals surface area contributed by atoms with Crippen molar-refractivity contribution < 1.29 is 9.59 Å². The number of carbonyl (C=O) groups is 2. The molecule has 4 rings (SSSR count). The first-order valence-electron chi connectivity index (χ1n) is 8.42. The molecule has 2 aliphatic rings. The summed E-state index contributed by atoms with van der Waals surface area (Å²) in [6.45, 7) is 1.87. The zero-order valence-electron chi connectivity index (χ0n) is 13.6. The van der Waals surface area contributed by atoms with Crippen molar-refractivity contribution in [3.63, 3.8) is 0 Å². The SMILES string of the molecule is Cc1c(C(=O)NC2CCSc3ccccc32)[nH]c2c1C(=O)CCC2. The van der Waals surface area contributed by atoms with E-state index in [0.29, 0.717) is 12.1 Å². The van der Waals surface area contributed by atoms with E-state index in [-0.39, 0.29) is 17.7 Å². The predicted octanol–water partition coefficient (Wildman–Crippen LogP) is 3.81. The third-order valence-electron chi connectivity index (χ3n) is 4.93. The van der Waals surface area contributed by atoms with Crippen LogP contribution in [-0.4, -0.2) is 22.4 Å². The van der Waals surface area contributed by atoms with E-state index in [9.17, 15) is 9.59 Å². The molecule has 0 spiro atoms. The van der Waals surface area contributed by atoms with E-state index in [0.717, 1.165) is 41.8 Å². The molecule has 1 amide bonds. The average Bonchev–Trinajstić information content (AvgIpc) is 2.93. The first-order chi connectivity index (χ1) is 11.6. The van der Waals surface area contributed by atoms with Gasteiger partial charge in [-0.25, -0.2) is 0 Å². The first kappa shape index (κ1) is 15.5. The molecule has 2 aromatic rings. The Hall–Kier alpha value is -2.01. The summed E-state index contributed by atoms with van der Waals surface area (Å²) in [5.41, 5.74) is 4.20.